The van der Waals surface area contributed by atoms with E-state index >= 15 is 0 Å². The van der Waals surface area contributed by atoms with Crippen molar-refractivity contribution >= 4 is 38.0 Å². The molecule has 0 aromatic heterocycles. The first kappa shape index (κ1) is 11.2. The number of hydrogen-bond donors (Lipinski definition) is 1. The molecule has 5 heteroatoms. The molecule has 1 heterocycles. The maximum Gasteiger partial charge on any atom is 0.132 e. The second-order valence-electron chi connectivity index (χ2n) is 3.63. The first-order chi connectivity index (χ1) is 7.46. The Bertz CT molecular complexity index is 593. The average Bonchev–Trinajstić information content (AvgIpc) is 2.15. The summed E-state index contributed by atoms with van der Waals surface area (Å²) < 4.78 is 11.9. The molecule has 0 spiro atoms. The quantitative estimate of drug-likeness (QED) is 0.776. The summed E-state index contributed by atoms with van der Waals surface area (Å²) in [5, 5.41) is 3.76. The third-order valence-corrected chi connectivity index (χ3v) is 3.74. The summed E-state index contributed by atoms with van der Waals surface area (Å²) in [7, 11) is -2.17. The lowest BCUT2D eigenvalue weighted by Crippen LogP contribution is -2.20. The van der Waals surface area contributed by atoms with E-state index in [9.17, 15) is 4.21 Å². The average molecular weight is 255 g/mol. The van der Waals surface area contributed by atoms with E-state index in [-0.39, 0.29) is 0 Å². The van der Waals surface area contributed by atoms with Crippen molar-refractivity contribution in [2.45, 2.75) is 0 Å². The highest BCUT2D eigenvalue weighted by Gasteiger charge is 2.09. The Morgan fingerprint density at radius 3 is 2.50 bits per heavy atom. The Labute approximate surface area is 99.6 Å². The summed E-state index contributed by atoms with van der Waals surface area (Å²) in [5.74, 6) is 0.292. The maximum atomic E-state index is 11.9. The van der Waals surface area contributed by atoms with E-state index in [1.165, 1.54) is 5.37 Å². The van der Waals surface area contributed by atoms with Gasteiger partial charge in [-0.25, -0.2) is 4.99 Å². The topological polar surface area (TPSA) is 55.5 Å². The molecule has 1 aliphatic rings. The predicted octanol–water partition coefficient (Wildman–Crippen LogP) is 1.73. The minimum Gasteiger partial charge on any atom is -0.383 e. The molecule has 0 bridgehead atoms. The summed E-state index contributed by atoms with van der Waals surface area (Å²) in [6, 6.07) is 7.18. The highest BCUT2D eigenvalue weighted by molar-refractivity contribution is 8.04. The van der Waals surface area contributed by atoms with Crippen LogP contribution in [0.15, 0.2) is 34.7 Å². The van der Waals surface area contributed by atoms with Gasteiger partial charge >= 0.3 is 0 Å². The number of halogens is 1. The lowest BCUT2D eigenvalue weighted by molar-refractivity contribution is 0.690. The van der Waals surface area contributed by atoms with Crippen molar-refractivity contribution in [2.24, 2.45) is 10.7 Å². The molecule has 3 nitrogen and oxygen atoms in total. The van der Waals surface area contributed by atoms with Crippen LogP contribution in [0.5, 0.6) is 0 Å². The molecule has 84 valence electrons. The van der Waals surface area contributed by atoms with Gasteiger partial charge in [0.25, 0.3) is 0 Å². The van der Waals surface area contributed by atoms with Crippen LogP contribution in [0, 0.1) is 0 Å². The number of nitrogens with two attached hydrogens (primary N) is 1. The highest BCUT2D eigenvalue weighted by Crippen LogP contribution is 2.21. The number of aliphatic imine (C=N–C) groups is 1. The summed E-state index contributed by atoms with van der Waals surface area (Å²) in [6.07, 6.45) is 1.63. The van der Waals surface area contributed by atoms with Gasteiger partial charge in [-0.2, -0.15) is 0 Å². The minimum absolute atomic E-state index is 0.292. The van der Waals surface area contributed by atoms with Crippen LogP contribution in [0.4, 0.5) is 0 Å². The van der Waals surface area contributed by atoms with Crippen LogP contribution in [-0.2, 0) is 9.52 Å². The fraction of sp³-hybridized carbons (Fsp3) is 0.0909. The SMILES string of the molecule is CS1(=O)=CC(N)=NC(c2ccc(Cl)cc2)=C1. The third-order valence-electron chi connectivity index (χ3n) is 2.09. The fourth-order valence-corrected chi connectivity index (χ4v) is 2.80. The Hall–Kier alpha value is -1.26. The van der Waals surface area contributed by atoms with Crippen LogP contribution in [-0.4, -0.2) is 21.7 Å². The van der Waals surface area contributed by atoms with Gasteiger partial charge in [-0.1, -0.05) is 23.7 Å². The molecule has 1 aromatic carbocycles. The standard InChI is InChI=1S/C11H11ClN2OS/c1-16(15)6-10(14-11(13)7-16)8-2-4-9(12)5-3-8/h2-7H,1H3,(H2,13,14). The molecular formula is C11H11ClN2OS. The Morgan fingerprint density at radius 1 is 1.31 bits per heavy atom. The van der Waals surface area contributed by atoms with E-state index < -0.39 is 9.52 Å². The van der Waals surface area contributed by atoms with Crippen LogP contribution >= 0.6 is 11.6 Å². The Morgan fingerprint density at radius 2 is 1.94 bits per heavy atom. The van der Waals surface area contributed by atoms with Gasteiger partial charge in [0.15, 0.2) is 0 Å². The molecule has 0 aliphatic carbocycles. The summed E-state index contributed by atoms with van der Waals surface area (Å²) in [6.45, 7) is 0. The molecule has 1 atom stereocenters. The first-order valence-corrected chi connectivity index (χ1v) is 7.09. The van der Waals surface area contributed by atoms with Gasteiger partial charge in [0.2, 0.25) is 0 Å². The molecule has 0 amide bonds. The van der Waals surface area contributed by atoms with Crippen molar-refractivity contribution in [1.82, 2.24) is 0 Å². The first-order valence-electron chi connectivity index (χ1n) is 4.62. The van der Waals surface area contributed by atoms with Crippen LogP contribution < -0.4 is 5.73 Å². The number of hydrogen-bond acceptors (Lipinski definition) is 3. The summed E-state index contributed by atoms with van der Waals surface area (Å²) >= 11 is 5.79. The highest BCUT2D eigenvalue weighted by atomic mass is 35.5. The Balaban J connectivity index is 2.52. The van der Waals surface area contributed by atoms with Crippen molar-refractivity contribution in [3.8, 4) is 0 Å². The molecule has 0 radical (unpaired) electrons. The molecule has 0 saturated carbocycles. The second kappa shape index (κ2) is 3.96. The molecule has 1 aromatic rings. The van der Waals surface area contributed by atoms with E-state index in [1.807, 2.05) is 12.1 Å². The van der Waals surface area contributed by atoms with Gasteiger partial charge in [-0.3, -0.25) is 4.21 Å². The zero-order valence-electron chi connectivity index (χ0n) is 8.68. The predicted molar refractivity (Wildman–Crippen MR) is 71.2 cm³/mol. The molecular weight excluding hydrogens is 244 g/mol. The van der Waals surface area contributed by atoms with Crippen molar-refractivity contribution in [3.63, 3.8) is 0 Å². The molecule has 1 aliphatic heterocycles. The van der Waals surface area contributed by atoms with Crippen molar-refractivity contribution in [3.05, 3.63) is 40.3 Å². The van der Waals surface area contributed by atoms with Crippen molar-refractivity contribution in [1.29, 1.82) is 0 Å². The van der Waals surface area contributed by atoms with Gasteiger partial charge in [0.1, 0.15) is 5.84 Å². The molecule has 0 fully saturated rings. The molecule has 2 N–H and O–H groups in total. The molecule has 2 rings (SSSR count). The largest absolute Gasteiger partial charge is 0.383 e. The van der Waals surface area contributed by atoms with E-state index in [4.69, 9.17) is 17.3 Å². The van der Waals surface area contributed by atoms with Crippen molar-refractivity contribution in [2.75, 3.05) is 6.26 Å². The van der Waals surface area contributed by atoms with Crippen LogP contribution in [0.25, 0.3) is 5.70 Å². The summed E-state index contributed by atoms with van der Waals surface area (Å²) in [4.78, 5) is 4.16. The number of benzene rings is 1. The molecule has 16 heavy (non-hydrogen) atoms. The number of rotatable bonds is 1. The lowest BCUT2D eigenvalue weighted by Gasteiger charge is -2.10. The fourth-order valence-electron chi connectivity index (χ4n) is 1.44. The molecule has 1 unspecified atom stereocenters. The Kier molecular flexibility index (Phi) is 2.78. The van der Waals surface area contributed by atoms with E-state index in [2.05, 4.69) is 4.99 Å². The van der Waals surface area contributed by atoms with Gasteiger partial charge in [-0.05, 0) is 21.7 Å². The lowest BCUT2D eigenvalue weighted by atomic mass is 10.2. The van der Waals surface area contributed by atoms with E-state index in [1.54, 1.807) is 23.8 Å². The van der Waals surface area contributed by atoms with E-state index in [0.717, 1.165) is 5.56 Å². The van der Waals surface area contributed by atoms with Gasteiger partial charge in [0.05, 0.1) is 5.70 Å². The summed E-state index contributed by atoms with van der Waals surface area (Å²) in [5.41, 5.74) is 7.10. The smallest absolute Gasteiger partial charge is 0.132 e. The second-order valence-corrected chi connectivity index (χ2v) is 6.47. The van der Waals surface area contributed by atoms with Crippen LogP contribution in [0.3, 0.4) is 0 Å². The van der Waals surface area contributed by atoms with Crippen LogP contribution in [0.2, 0.25) is 5.02 Å². The monoisotopic (exact) mass is 254 g/mol. The maximum absolute atomic E-state index is 11.9. The zero-order chi connectivity index (χ0) is 11.8. The zero-order valence-corrected chi connectivity index (χ0v) is 10.3. The normalized spacial score (nSPS) is 24.4. The molecule has 0 saturated heterocycles. The van der Waals surface area contributed by atoms with Crippen LogP contribution in [0.1, 0.15) is 5.56 Å². The van der Waals surface area contributed by atoms with Gasteiger partial charge in [-0.15, -0.1) is 0 Å². The van der Waals surface area contributed by atoms with E-state index in [0.29, 0.717) is 16.6 Å². The third kappa shape index (κ3) is 2.46. The van der Waals surface area contributed by atoms with Crippen molar-refractivity contribution < 1.29 is 4.21 Å². The number of amidine groups is 1. The van der Waals surface area contributed by atoms with Gasteiger partial charge in [0, 0.05) is 27.6 Å². The number of nitrogens with zero attached hydrogens (tertiary/aromatic N) is 1. The minimum atomic E-state index is -2.17. The van der Waals surface area contributed by atoms with Gasteiger partial charge < -0.3 is 5.73 Å².